The van der Waals surface area contributed by atoms with Crippen molar-refractivity contribution in [2.45, 2.75) is 136 Å². The molecular weight excluding hydrogens is 441 g/mol. The molecule has 3 nitrogen and oxygen atoms in total. The Kier molecular flexibility index (Phi) is 14.4. The molecule has 0 aliphatic carbocycles. The molecule has 0 heterocycles. The summed E-state index contributed by atoms with van der Waals surface area (Å²) in [6.07, 6.45) is 7.63. The van der Waals surface area contributed by atoms with Crippen LogP contribution in [-0.4, -0.2) is 23.3 Å². The smallest absolute Gasteiger partial charge is 0.343 e. The molecule has 1 atom stereocenters. The van der Waals surface area contributed by atoms with Crippen molar-refractivity contribution >= 4 is 0 Å². The molecule has 1 aromatic rings. The maximum absolute atomic E-state index is 12.7. The summed E-state index contributed by atoms with van der Waals surface area (Å²) in [5.41, 5.74) is 0.308. The van der Waals surface area contributed by atoms with Gasteiger partial charge in [0.15, 0.2) is 0 Å². The molecule has 34 heavy (non-hydrogen) atoms. The van der Waals surface area contributed by atoms with E-state index in [0.717, 1.165) is 69.1 Å². The predicted octanol–water partition coefficient (Wildman–Crippen LogP) is 8.67. The fourth-order valence-corrected chi connectivity index (χ4v) is 4.33. The van der Waals surface area contributed by atoms with Gasteiger partial charge >= 0.3 is 6.18 Å². The maximum atomic E-state index is 12.7. The monoisotopic (exact) mass is 488 g/mol. The standard InChI is InChI=1S/C28H47F3O3/c1-6-7-8-9-10-13-16-26(28(32,33-22(2)3)34-23(4)5)17-14-11-12-15-24-18-20-25(21-19-24)27(29,30)31/h18-23,26,32H,6-17H2,1-5H3. The first-order valence-electron chi connectivity index (χ1n) is 13.2. The zero-order valence-electron chi connectivity index (χ0n) is 21.9. The lowest BCUT2D eigenvalue weighted by molar-refractivity contribution is -0.407. The Labute approximate surface area is 205 Å². The van der Waals surface area contributed by atoms with Crippen LogP contribution >= 0.6 is 0 Å². The molecule has 1 N–H and O–H groups in total. The number of aliphatic hydroxyl groups is 1. The second-order valence-electron chi connectivity index (χ2n) is 10.0. The molecule has 6 heteroatoms. The van der Waals surface area contributed by atoms with Gasteiger partial charge in [-0.3, -0.25) is 0 Å². The third kappa shape index (κ3) is 12.6. The van der Waals surface area contributed by atoms with E-state index in [0.29, 0.717) is 0 Å². The highest BCUT2D eigenvalue weighted by Gasteiger charge is 2.40. The van der Waals surface area contributed by atoms with Crippen LogP contribution in [0.1, 0.15) is 116 Å². The number of rotatable bonds is 18. The normalized spacial score (nSPS) is 13.7. The van der Waals surface area contributed by atoms with Gasteiger partial charge in [0.2, 0.25) is 0 Å². The Morgan fingerprint density at radius 3 is 1.68 bits per heavy atom. The van der Waals surface area contributed by atoms with Crippen LogP contribution in [0.5, 0.6) is 0 Å². The van der Waals surface area contributed by atoms with Gasteiger partial charge in [-0.2, -0.15) is 13.2 Å². The number of ether oxygens (including phenoxy) is 2. The van der Waals surface area contributed by atoms with Crippen molar-refractivity contribution in [3.8, 4) is 0 Å². The second kappa shape index (κ2) is 15.8. The number of benzene rings is 1. The Morgan fingerprint density at radius 1 is 0.735 bits per heavy atom. The quantitative estimate of drug-likeness (QED) is 0.166. The van der Waals surface area contributed by atoms with E-state index in [1.165, 1.54) is 25.7 Å². The molecule has 0 aliphatic heterocycles. The maximum Gasteiger partial charge on any atom is 0.416 e. The van der Waals surface area contributed by atoms with E-state index in [2.05, 4.69) is 6.92 Å². The van der Waals surface area contributed by atoms with Gasteiger partial charge in [0.05, 0.1) is 17.8 Å². The summed E-state index contributed by atoms with van der Waals surface area (Å²) in [6.45, 7) is 9.82. The molecule has 0 bridgehead atoms. The van der Waals surface area contributed by atoms with Crippen molar-refractivity contribution in [3.63, 3.8) is 0 Å². The van der Waals surface area contributed by atoms with Crippen LogP contribution in [0.2, 0.25) is 0 Å². The van der Waals surface area contributed by atoms with Gasteiger partial charge in [0.1, 0.15) is 0 Å². The number of alkyl halides is 3. The first-order valence-corrected chi connectivity index (χ1v) is 13.2. The summed E-state index contributed by atoms with van der Waals surface area (Å²) in [7, 11) is 0. The fourth-order valence-electron chi connectivity index (χ4n) is 4.33. The molecule has 0 amide bonds. The van der Waals surface area contributed by atoms with Gasteiger partial charge in [0.25, 0.3) is 5.97 Å². The molecule has 0 spiro atoms. The molecule has 198 valence electrons. The average Bonchev–Trinajstić information content (AvgIpc) is 2.72. The Morgan fingerprint density at radius 2 is 1.21 bits per heavy atom. The largest absolute Gasteiger partial charge is 0.416 e. The van der Waals surface area contributed by atoms with Crippen molar-refractivity contribution in [1.29, 1.82) is 0 Å². The van der Waals surface area contributed by atoms with Gasteiger partial charge in [0, 0.05) is 5.92 Å². The van der Waals surface area contributed by atoms with Crippen molar-refractivity contribution in [3.05, 3.63) is 35.4 Å². The number of hydrogen-bond donors (Lipinski definition) is 1. The third-order valence-electron chi connectivity index (χ3n) is 6.03. The summed E-state index contributed by atoms with van der Waals surface area (Å²) in [6, 6.07) is 5.43. The van der Waals surface area contributed by atoms with Crippen LogP contribution < -0.4 is 0 Å². The van der Waals surface area contributed by atoms with E-state index >= 15 is 0 Å². The zero-order valence-corrected chi connectivity index (χ0v) is 21.9. The van der Waals surface area contributed by atoms with E-state index in [1.54, 1.807) is 12.1 Å². The van der Waals surface area contributed by atoms with Crippen LogP contribution in [-0.2, 0) is 22.1 Å². The van der Waals surface area contributed by atoms with Crippen LogP contribution in [0, 0.1) is 5.92 Å². The lowest BCUT2D eigenvalue weighted by atomic mass is 9.91. The van der Waals surface area contributed by atoms with Crippen LogP contribution in [0.3, 0.4) is 0 Å². The van der Waals surface area contributed by atoms with E-state index in [4.69, 9.17) is 9.47 Å². The van der Waals surface area contributed by atoms with Gasteiger partial charge in [-0.1, -0.05) is 70.4 Å². The number of aryl methyl sites for hydroxylation is 1. The summed E-state index contributed by atoms with van der Waals surface area (Å²) >= 11 is 0. The topological polar surface area (TPSA) is 38.7 Å². The minimum absolute atomic E-state index is 0.116. The molecule has 1 unspecified atom stereocenters. The second-order valence-corrected chi connectivity index (χ2v) is 10.0. The molecule has 0 fully saturated rings. The highest BCUT2D eigenvalue weighted by Crippen LogP contribution is 2.33. The van der Waals surface area contributed by atoms with E-state index in [1.807, 2.05) is 27.7 Å². The number of hydrogen-bond acceptors (Lipinski definition) is 3. The Bertz CT molecular complexity index is 631. The predicted molar refractivity (Wildman–Crippen MR) is 132 cm³/mol. The van der Waals surface area contributed by atoms with Gasteiger partial charge in [-0.05, 0) is 71.1 Å². The molecular formula is C28H47F3O3. The molecule has 1 aromatic carbocycles. The van der Waals surface area contributed by atoms with E-state index < -0.39 is 17.7 Å². The summed E-state index contributed by atoms with van der Waals surface area (Å²) < 4.78 is 50.0. The minimum atomic E-state index is -4.30. The number of unbranched alkanes of at least 4 members (excludes halogenated alkanes) is 7. The first-order chi connectivity index (χ1) is 16.0. The van der Waals surface area contributed by atoms with Crippen LogP contribution in [0.25, 0.3) is 0 Å². The van der Waals surface area contributed by atoms with Gasteiger partial charge in [-0.25, -0.2) is 0 Å². The molecule has 0 radical (unpaired) electrons. The van der Waals surface area contributed by atoms with Gasteiger partial charge in [-0.15, -0.1) is 0 Å². The highest BCUT2D eigenvalue weighted by atomic mass is 19.4. The minimum Gasteiger partial charge on any atom is -0.343 e. The SMILES string of the molecule is CCCCCCCCC(CCCCCc1ccc(C(F)(F)F)cc1)C(O)(OC(C)C)OC(C)C. The zero-order chi connectivity index (χ0) is 25.6. The van der Waals surface area contributed by atoms with Gasteiger partial charge < -0.3 is 14.6 Å². The first kappa shape index (κ1) is 30.9. The Hall–Kier alpha value is -1.11. The lowest BCUT2D eigenvalue weighted by Gasteiger charge is -2.38. The fraction of sp³-hybridized carbons (Fsp3) is 0.786. The molecule has 0 saturated heterocycles. The lowest BCUT2D eigenvalue weighted by Crippen LogP contribution is -2.47. The van der Waals surface area contributed by atoms with E-state index in [9.17, 15) is 18.3 Å². The van der Waals surface area contributed by atoms with Crippen LogP contribution in [0.4, 0.5) is 13.2 Å². The summed E-state index contributed by atoms with van der Waals surface area (Å²) in [5, 5.41) is 11.3. The number of halogens is 3. The Balaban J connectivity index is 2.62. The van der Waals surface area contributed by atoms with Crippen molar-refractivity contribution in [1.82, 2.24) is 0 Å². The summed E-state index contributed by atoms with van der Waals surface area (Å²) in [5.74, 6) is -1.71. The highest BCUT2D eigenvalue weighted by molar-refractivity contribution is 5.24. The molecule has 0 aliphatic rings. The molecule has 1 rings (SSSR count). The molecule has 0 aromatic heterocycles. The van der Waals surface area contributed by atoms with Crippen LogP contribution in [0.15, 0.2) is 24.3 Å². The van der Waals surface area contributed by atoms with E-state index in [-0.39, 0.29) is 18.1 Å². The summed E-state index contributed by atoms with van der Waals surface area (Å²) in [4.78, 5) is 0. The van der Waals surface area contributed by atoms with Crippen molar-refractivity contribution < 1.29 is 27.8 Å². The van der Waals surface area contributed by atoms with Crippen molar-refractivity contribution in [2.75, 3.05) is 0 Å². The third-order valence-corrected chi connectivity index (χ3v) is 6.03. The average molecular weight is 489 g/mol. The van der Waals surface area contributed by atoms with Crippen molar-refractivity contribution in [2.24, 2.45) is 5.92 Å². The molecule has 0 saturated carbocycles.